The second kappa shape index (κ2) is 8.58. The van der Waals surface area contributed by atoms with Crippen LogP contribution in [0.2, 0.25) is 5.02 Å². The van der Waals surface area contributed by atoms with Crippen LogP contribution in [0.1, 0.15) is 43.9 Å². The van der Waals surface area contributed by atoms with E-state index in [-0.39, 0.29) is 12.3 Å². The molecule has 3 rings (SSSR count). The molecule has 2 aromatic carbocycles. The molecule has 3 nitrogen and oxygen atoms in total. The van der Waals surface area contributed by atoms with Crippen molar-refractivity contribution < 1.29 is 13.6 Å². The van der Waals surface area contributed by atoms with Crippen molar-refractivity contribution in [2.75, 3.05) is 13.1 Å². The van der Waals surface area contributed by atoms with Crippen molar-refractivity contribution in [2.45, 2.75) is 44.7 Å². The molecule has 28 heavy (non-hydrogen) atoms. The molecule has 6 heteroatoms. The summed E-state index contributed by atoms with van der Waals surface area (Å²) in [5, 5.41) is 3.62. The number of nitrogens with one attached hydrogen (secondary N) is 1. The van der Waals surface area contributed by atoms with E-state index in [0.717, 1.165) is 37.6 Å². The second-order valence-corrected chi connectivity index (χ2v) is 8.27. The van der Waals surface area contributed by atoms with Gasteiger partial charge in [-0.05, 0) is 75.2 Å². The highest BCUT2D eigenvalue weighted by Crippen LogP contribution is 2.34. The smallest absolute Gasteiger partial charge is 0.224 e. The Labute approximate surface area is 169 Å². The van der Waals surface area contributed by atoms with Crippen LogP contribution in [0.3, 0.4) is 0 Å². The molecule has 2 aromatic rings. The maximum Gasteiger partial charge on any atom is 0.224 e. The van der Waals surface area contributed by atoms with Crippen molar-refractivity contribution in [3.8, 4) is 0 Å². The summed E-state index contributed by atoms with van der Waals surface area (Å²) < 4.78 is 27.4. The van der Waals surface area contributed by atoms with Crippen molar-refractivity contribution in [1.82, 2.24) is 10.2 Å². The fraction of sp³-hybridized carbons (Fsp3) is 0.409. The maximum absolute atomic E-state index is 13.9. The third-order valence-electron chi connectivity index (χ3n) is 5.46. The molecule has 1 aliphatic rings. The average Bonchev–Trinajstić information content (AvgIpc) is 3.18. The van der Waals surface area contributed by atoms with E-state index < -0.39 is 23.2 Å². The first-order valence-corrected chi connectivity index (χ1v) is 9.89. The highest BCUT2D eigenvalue weighted by molar-refractivity contribution is 6.30. The second-order valence-electron chi connectivity index (χ2n) is 7.83. The third-order valence-corrected chi connectivity index (χ3v) is 5.70. The SMILES string of the molecule is CC(C)(C(NC(=O)Cc1cccc(Cl)c1)c1ccc(F)c(F)c1)N1CCCC1. The van der Waals surface area contributed by atoms with E-state index in [2.05, 4.69) is 10.2 Å². The summed E-state index contributed by atoms with van der Waals surface area (Å²) in [5.74, 6) is -2.00. The van der Waals surface area contributed by atoms with Gasteiger partial charge < -0.3 is 5.32 Å². The standard InChI is InChI=1S/C22H25ClF2N2O/c1-22(2,27-10-3-4-11-27)21(16-8-9-18(24)19(25)14-16)26-20(28)13-15-6-5-7-17(23)12-15/h5-9,12,14,21H,3-4,10-11,13H2,1-2H3,(H,26,28). The van der Waals surface area contributed by atoms with Gasteiger partial charge in [0, 0.05) is 10.6 Å². The molecule has 1 N–H and O–H groups in total. The lowest BCUT2D eigenvalue weighted by Gasteiger charge is -2.42. The van der Waals surface area contributed by atoms with E-state index in [1.54, 1.807) is 24.3 Å². The van der Waals surface area contributed by atoms with Crippen LogP contribution in [-0.2, 0) is 11.2 Å². The monoisotopic (exact) mass is 406 g/mol. The quantitative estimate of drug-likeness (QED) is 0.740. The summed E-state index contributed by atoms with van der Waals surface area (Å²) in [6.45, 7) is 5.89. The van der Waals surface area contributed by atoms with E-state index in [9.17, 15) is 13.6 Å². The molecule has 1 unspecified atom stereocenters. The van der Waals surface area contributed by atoms with Gasteiger partial charge in [-0.1, -0.05) is 29.8 Å². The predicted octanol–water partition coefficient (Wildman–Crippen LogP) is 4.89. The Morgan fingerprint density at radius 2 is 1.86 bits per heavy atom. The van der Waals surface area contributed by atoms with Crippen LogP contribution in [0, 0.1) is 11.6 Å². The van der Waals surface area contributed by atoms with Crippen molar-refractivity contribution >= 4 is 17.5 Å². The van der Waals surface area contributed by atoms with Gasteiger partial charge in [0.05, 0.1) is 12.5 Å². The van der Waals surface area contributed by atoms with E-state index in [1.807, 2.05) is 19.9 Å². The minimum absolute atomic E-state index is 0.164. The number of amides is 1. The molecule has 0 aromatic heterocycles. The van der Waals surface area contributed by atoms with Crippen LogP contribution >= 0.6 is 11.6 Å². The van der Waals surface area contributed by atoms with Crippen LogP contribution in [-0.4, -0.2) is 29.4 Å². The molecule has 0 bridgehead atoms. The molecule has 1 aliphatic heterocycles. The molecule has 1 atom stereocenters. The first-order valence-electron chi connectivity index (χ1n) is 9.51. The molecule has 0 aliphatic carbocycles. The summed E-state index contributed by atoms with van der Waals surface area (Å²) in [7, 11) is 0. The lowest BCUT2D eigenvalue weighted by Crippen LogP contribution is -2.53. The molecule has 150 valence electrons. The number of hydrogen-bond acceptors (Lipinski definition) is 2. The molecule has 1 fully saturated rings. The van der Waals surface area contributed by atoms with Gasteiger partial charge in [-0.25, -0.2) is 8.78 Å². The van der Waals surface area contributed by atoms with Gasteiger partial charge in [0.15, 0.2) is 11.6 Å². The molecular weight excluding hydrogens is 382 g/mol. The zero-order valence-electron chi connectivity index (χ0n) is 16.1. The lowest BCUT2D eigenvalue weighted by atomic mass is 9.86. The number of likely N-dealkylation sites (tertiary alicyclic amines) is 1. The van der Waals surface area contributed by atoms with Crippen LogP contribution in [0.15, 0.2) is 42.5 Å². The Bertz CT molecular complexity index is 850. The van der Waals surface area contributed by atoms with E-state index in [1.165, 1.54) is 6.07 Å². The van der Waals surface area contributed by atoms with Gasteiger partial charge in [-0.15, -0.1) is 0 Å². The zero-order valence-corrected chi connectivity index (χ0v) is 16.9. The minimum Gasteiger partial charge on any atom is -0.347 e. The summed E-state index contributed by atoms with van der Waals surface area (Å²) in [5.41, 5.74) is 0.897. The fourth-order valence-corrected chi connectivity index (χ4v) is 4.09. The highest BCUT2D eigenvalue weighted by Gasteiger charge is 2.38. The van der Waals surface area contributed by atoms with Crippen molar-refractivity contribution in [3.63, 3.8) is 0 Å². The Hall–Kier alpha value is -1.98. The molecule has 1 amide bonds. The Morgan fingerprint density at radius 1 is 1.14 bits per heavy atom. The highest BCUT2D eigenvalue weighted by atomic mass is 35.5. The van der Waals surface area contributed by atoms with Crippen molar-refractivity contribution in [2.24, 2.45) is 0 Å². The summed E-state index contributed by atoms with van der Waals surface area (Å²) >= 11 is 6.01. The van der Waals surface area contributed by atoms with E-state index >= 15 is 0 Å². The van der Waals surface area contributed by atoms with Gasteiger partial charge >= 0.3 is 0 Å². The van der Waals surface area contributed by atoms with E-state index in [0.29, 0.717) is 10.6 Å². The summed E-state index contributed by atoms with van der Waals surface area (Å²) in [4.78, 5) is 15.1. The Balaban J connectivity index is 1.86. The number of hydrogen-bond donors (Lipinski definition) is 1. The fourth-order valence-electron chi connectivity index (χ4n) is 3.88. The van der Waals surface area contributed by atoms with Crippen LogP contribution in [0.4, 0.5) is 8.78 Å². The molecule has 0 spiro atoms. The molecule has 0 radical (unpaired) electrons. The van der Waals surface area contributed by atoms with Crippen LogP contribution < -0.4 is 5.32 Å². The summed E-state index contributed by atoms with van der Waals surface area (Å²) in [6, 6.07) is 10.5. The number of carbonyl (C=O) groups is 1. The summed E-state index contributed by atoms with van der Waals surface area (Å²) in [6.07, 6.45) is 2.34. The van der Waals surface area contributed by atoms with Gasteiger partial charge in [0.25, 0.3) is 0 Å². The van der Waals surface area contributed by atoms with Gasteiger partial charge in [0.2, 0.25) is 5.91 Å². The zero-order chi connectivity index (χ0) is 20.3. The average molecular weight is 407 g/mol. The third kappa shape index (κ3) is 4.70. The molecule has 0 saturated carbocycles. The van der Waals surface area contributed by atoms with E-state index in [4.69, 9.17) is 11.6 Å². The number of rotatable bonds is 6. The lowest BCUT2D eigenvalue weighted by molar-refractivity contribution is -0.122. The van der Waals surface area contributed by atoms with Crippen molar-refractivity contribution in [1.29, 1.82) is 0 Å². The molecule has 1 heterocycles. The number of benzene rings is 2. The molecular formula is C22H25ClF2N2O. The number of halogens is 3. The number of carbonyl (C=O) groups excluding carboxylic acids is 1. The van der Waals surface area contributed by atoms with Gasteiger partial charge in [0.1, 0.15) is 0 Å². The van der Waals surface area contributed by atoms with Gasteiger partial charge in [-0.2, -0.15) is 0 Å². The predicted molar refractivity (Wildman–Crippen MR) is 107 cm³/mol. The normalized spacial score (nSPS) is 16.2. The number of nitrogens with zero attached hydrogens (tertiary/aromatic N) is 1. The molecule has 1 saturated heterocycles. The van der Waals surface area contributed by atoms with Gasteiger partial charge in [-0.3, -0.25) is 9.69 Å². The van der Waals surface area contributed by atoms with Crippen LogP contribution in [0.5, 0.6) is 0 Å². The Morgan fingerprint density at radius 3 is 2.50 bits per heavy atom. The minimum atomic E-state index is -0.913. The van der Waals surface area contributed by atoms with Crippen LogP contribution in [0.25, 0.3) is 0 Å². The Kier molecular flexibility index (Phi) is 6.36. The largest absolute Gasteiger partial charge is 0.347 e. The van der Waals surface area contributed by atoms with Crippen molar-refractivity contribution in [3.05, 3.63) is 70.2 Å². The first kappa shape index (κ1) is 20.7. The maximum atomic E-state index is 13.9. The topological polar surface area (TPSA) is 32.3 Å². The first-order chi connectivity index (χ1) is 13.3.